The van der Waals surface area contributed by atoms with Crippen molar-refractivity contribution in [3.63, 3.8) is 0 Å². The Balaban J connectivity index is 1.74. The minimum absolute atomic E-state index is 0.00573. The van der Waals surface area contributed by atoms with Crippen molar-refractivity contribution in [2.24, 2.45) is 11.8 Å². The molecule has 3 aromatic rings. The molecular weight excluding hydrogens is 459 g/mol. The summed E-state index contributed by atoms with van der Waals surface area (Å²) in [4.78, 5) is 17.8. The van der Waals surface area contributed by atoms with Gasteiger partial charge in [-0.2, -0.15) is 0 Å². The number of methoxy groups -OCH3 is 1. The first-order valence-corrected chi connectivity index (χ1v) is 12.5. The molecule has 6 nitrogen and oxygen atoms in total. The molecule has 1 fully saturated rings. The molecule has 1 aliphatic carbocycles. The van der Waals surface area contributed by atoms with Gasteiger partial charge in [-0.25, -0.2) is 9.37 Å². The summed E-state index contributed by atoms with van der Waals surface area (Å²) in [6.45, 7) is 9.19. The molecule has 0 aliphatic heterocycles. The highest BCUT2D eigenvalue weighted by Crippen LogP contribution is 2.41. The Hall–Kier alpha value is -3.19. The van der Waals surface area contributed by atoms with Crippen LogP contribution in [0.15, 0.2) is 49.3 Å². The van der Waals surface area contributed by atoms with Crippen LogP contribution in [-0.4, -0.2) is 33.7 Å². The summed E-state index contributed by atoms with van der Waals surface area (Å²) in [5, 5.41) is 10.4. The summed E-state index contributed by atoms with van der Waals surface area (Å²) in [7, 11) is 1.49. The van der Waals surface area contributed by atoms with Crippen LogP contribution in [0.5, 0.6) is 11.5 Å². The van der Waals surface area contributed by atoms with Gasteiger partial charge in [-0.1, -0.05) is 13.0 Å². The largest absolute Gasteiger partial charge is 0.496 e. The van der Waals surface area contributed by atoms with E-state index in [9.17, 15) is 14.3 Å². The van der Waals surface area contributed by atoms with Gasteiger partial charge < -0.3 is 14.6 Å². The Bertz CT molecular complexity index is 1260. The Kier molecular flexibility index (Phi) is 7.50. The molecule has 1 aliphatic rings. The molecule has 4 rings (SSSR count). The van der Waals surface area contributed by atoms with E-state index in [2.05, 4.69) is 18.5 Å². The van der Waals surface area contributed by atoms with Gasteiger partial charge in [0.1, 0.15) is 22.7 Å². The average molecular weight is 495 g/mol. The van der Waals surface area contributed by atoms with E-state index in [-0.39, 0.29) is 23.5 Å². The summed E-state index contributed by atoms with van der Waals surface area (Å²) >= 11 is 0. The number of halogens is 1. The molecule has 2 aromatic heterocycles. The zero-order chi connectivity index (χ0) is 26.0. The second-order valence-electron chi connectivity index (χ2n) is 10.2. The van der Waals surface area contributed by atoms with Crippen LogP contribution in [-0.2, 0) is 5.60 Å². The first-order valence-electron chi connectivity index (χ1n) is 12.5. The van der Waals surface area contributed by atoms with Crippen LogP contribution in [0.25, 0.3) is 16.9 Å². The van der Waals surface area contributed by atoms with Crippen molar-refractivity contribution in [1.29, 1.82) is 0 Å². The Morgan fingerprint density at radius 3 is 2.69 bits per heavy atom. The van der Waals surface area contributed by atoms with Crippen LogP contribution in [0.2, 0.25) is 0 Å². The molecule has 2 unspecified atom stereocenters. The Morgan fingerprint density at radius 2 is 2.06 bits per heavy atom. The summed E-state index contributed by atoms with van der Waals surface area (Å²) in [6.07, 6.45) is 6.88. The second kappa shape index (κ2) is 10.4. The minimum Gasteiger partial charge on any atom is -0.496 e. The van der Waals surface area contributed by atoms with Gasteiger partial charge in [0.2, 0.25) is 6.36 Å². The van der Waals surface area contributed by atoms with E-state index in [4.69, 9.17) is 9.47 Å². The van der Waals surface area contributed by atoms with Crippen molar-refractivity contribution in [3.8, 4) is 22.8 Å². The number of benzene rings is 1. The number of nitrogens with zero attached hydrogens (tertiary/aromatic N) is 2. The first kappa shape index (κ1) is 25.9. The molecule has 1 aromatic carbocycles. The molecule has 36 heavy (non-hydrogen) atoms. The number of hydrogen-bond donors (Lipinski definition) is 1. The number of aromatic nitrogens is 2. The minimum atomic E-state index is -1.64. The van der Waals surface area contributed by atoms with E-state index in [1.165, 1.54) is 26.0 Å². The zero-order valence-electron chi connectivity index (χ0n) is 21.5. The Morgan fingerprint density at radius 1 is 1.33 bits per heavy atom. The summed E-state index contributed by atoms with van der Waals surface area (Å²) in [5.41, 5.74) is 2.03. The fraction of sp³-hybridized carbons (Fsp3) is 0.448. The van der Waals surface area contributed by atoms with Gasteiger partial charge in [0, 0.05) is 24.6 Å². The van der Waals surface area contributed by atoms with Crippen molar-refractivity contribution in [2.75, 3.05) is 7.11 Å². The van der Waals surface area contributed by atoms with E-state index < -0.39 is 12.0 Å². The van der Waals surface area contributed by atoms with Crippen LogP contribution in [0.1, 0.15) is 68.8 Å². The molecule has 7 heteroatoms. The van der Waals surface area contributed by atoms with E-state index in [1.54, 1.807) is 32.2 Å². The molecule has 0 amide bonds. The number of hydrogen-bond acceptors (Lipinski definition) is 5. The second-order valence-corrected chi connectivity index (χ2v) is 10.2. The number of carbonyl (C=O) groups excluding carboxylic acids is 1. The van der Waals surface area contributed by atoms with Gasteiger partial charge in [-0.3, -0.25) is 9.20 Å². The molecule has 0 bridgehead atoms. The summed E-state index contributed by atoms with van der Waals surface area (Å²) in [6, 6.07) is 7.08. The van der Waals surface area contributed by atoms with Gasteiger partial charge in [0.05, 0.1) is 24.6 Å². The first-order chi connectivity index (χ1) is 17.1. The number of rotatable bonds is 12. The van der Waals surface area contributed by atoms with Crippen molar-refractivity contribution < 1.29 is 23.8 Å². The van der Waals surface area contributed by atoms with Crippen LogP contribution >= 0.6 is 0 Å². The third-order valence-corrected chi connectivity index (χ3v) is 6.94. The van der Waals surface area contributed by atoms with Crippen molar-refractivity contribution in [2.45, 2.75) is 64.8 Å². The number of imidazole rings is 1. The number of carbonyl (C=O) groups is 1. The lowest BCUT2D eigenvalue weighted by Crippen LogP contribution is -2.15. The predicted molar refractivity (Wildman–Crippen MR) is 138 cm³/mol. The van der Waals surface area contributed by atoms with E-state index in [1.807, 2.05) is 22.7 Å². The maximum atomic E-state index is 14.6. The number of Topliss-reactive ketones (excluding diaryl/α,β-unsaturated/α-hetero) is 1. The quantitative estimate of drug-likeness (QED) is 0.230. The van der Waals surface area contributed by atoms with Crippen molar-refractivity contribution in [3.05, 3.63) is 60.4 Å². The van der Waals surface area contributed by atoms with Crippen LogP contribution in [0, 0.1) is 11.8 Å². The zero-order valence-corrected chi connectivity index (χ0v) is 21.5. The number of ketones is 1. The molecule has 2 atom stereocenters. The van der Waals surface area contributed by atoms with Crippen molar-refractivity contribution in [1.82, 2.24) is 9.38 Å². The smallest absolute Gasteiger partial charge is 0.241 e. The number of aliphatic hydroxyl groups is 1. The Labute approximate surface area is 211 Å². The number of ether oxygens (including phenoxy) is 2. The van der Waals surface area contributed by atoms with Gasteiger partial charge in [-0.15, -0.1) is 6.58 Å². The third kappa shape index (κ3) is 5.62. The highest BCUT2D eigenvalue weighted by molar-refractivity contribution is 6.02. The van der Waals surface area contributed by atoms with Crippen molar-refractivity contribution >= 4 is 11.4 Å². The van der Waals surface area contributed by atoms with E-state index in [0.717, 1.165) is 17.7 Å². The standard InChI is InChI=1S/C29H35FN2O4/c1-6-7-26(30)36-25-15-20(22-17-31-27-16-21(29(3,4)34)12-13-32(22)27)14-24(35-5)28(25)23(33)11-8-18(2)19-9-10-19/h6,12-19,26,34H,1,7-11H2,2-5H3. The third-order valence-electron chi connectivity index (χ3n) is 6.94. The fourth-order valence-corrected chi connectivity index (χ4v) is 4.54. The maximum absolute atomic E-state index is 14.6. The molecule has 0 radical (unpaired) electrons. The van der Waals surface area contributed by atoms with Crippen LogP contribution in [0.4, 0.5) is 4.39 Å². The maximum Gasteiger partial charge on any atom is 0.241 e. The van der Waals surface area contributed by atoms with Gasteiger partial charge in [0.25, 0.3) is 0 Å². The molecule has 2 heterocycles. The summed E-state index contributed by atoms with van der Waals surface area (Å²) < 4.78 is 27.7. The van der Waals surface area contributed by atoms with E-state index >= 15 is 0 Å². The number of fused-ring (bicyclic) bond motifs is 1. The van der Waals surface area contributed by atoms with Gasteiger partial charge in [-0.05, 0) is 74.8 Å². The van der Waals surface area contributed by atoms with Gasteiger partial charge in [0.15, 0.2) is 5.78 Å². The lowest BCUT2D eigenvalue weighted by Gasteiger charge is -2.19. The highest BCUT2D eigenvalue weighted by Gasteiger charge is 2.29. The number of pyridine rings is 1. The molecule has 0 saturated heterocycles. The molecule has 1 saturated carbocycles. The average Bonchev–Trinajstić information content (AvgIpc) is 3.60. The molecule has 1 N–H and O–H groups in total. The number of alkyl halides is 1. The molecular formula is C29H35FN2O4. The predicted octanol–water partition coefficient (Wildman–Crippen LogP) is 6.50. The molecule has 0 spiro atoms. The van der Waals surface area contributed by atoms with E-state index in [0.29, 0.717) is 35.2 Å². The normalized spacial score (nSPS) is 15.5. The summed E-state index contributed by atoms with van der Waals surface area (Å²) in [5.74, 6) is 1.53. The van der Waals surface area contributed by atoms with Crippen LogP contribution in [0.3, 0.4) is 0 Å². The highest BCUT2D eigenvalue weighted by atomic mass is 19.1. The molecule has 192 valence electrons. The van der Waals surface area contributed by atoms with Crippen LogP contribution < -0.4 is 9.47 Å². The fourth-order valence-electron chi connectivity index (χ4n) is 4.54. The lowest BCUT2D eigenvalue weighted by atomic mass is 9.95. The lowest BCUT2D eigenvalue weighted by molar-refractivity contribution is 0.0682. The van der Waals surface area contributed by atoms with Gasteiger partial charge >= 0.3 is 0 Å². The monoisotopic (exact) mass is 494 g/mol. The SMILES string of the molecule is C=CCC(F)Oc1cc(-c2cnc3cc(C(C)(C)O)ccn23)cc(OC)c1C(=O)CCC(C)C1CC1. The topological polar surface area (TPSA) is 73.1 Å².